The largest absolute Gasteiger partial charge is 0.480 e. The fourth-order valence-corrected chi connectivity index (χ4v) is 1.81. The molecule has 4 heteroatoms. The molecule has 0 radical (unpaired) electrons. The van der Waals surface area contributed by atoms with E-state index in [4.69, 9.17) is 10.4 Å². The maximum Gasteiger partial charge on any atom is 0.321 e. The highest BCUT2D eigenvalue weighted by molar-refractivity contribution is 5.75. The van der Waals surface area contributed by atoms with Crippen molar-refractivity contribution in [1.82, 2.24) is 4.90 Å². The van der Waals surface area contributed by atoms with Crippen molar-refractivity contribution in [3.8, 4) is 6.07 Å². The molecular formula is C9H14N2O2. The van der Waals surface area contributed by atoms with E-state index in [0.717, 1.165) is 13.0 Å². The Morgan fingerprint density at radius 3 is 2.92 bits per heavy atom. The number of aliphatic carboxylic acids is 1. The van der Waals surface area contributed by atoms with Crippen molar-refractivity contribution in [3.63, 3.8) is 0 Å². The fourth-order valence-electron chi connectivity index (χ4n) is 1.81. The van der Waals surface area contributed by atoms with Crippen LogP contribution in [0.15, 0.2) is 0 Å². The van der Waals surface area contributed by atoms with Crippen LogP contribution in [0.5, 0.6) is 0 Å². The summed E-state index contributed by atoms with van der Waals surface area (Å²) in [6.45, 7) is 3.42. The van der Waals surface area contributed by atoms with E-state index in [1.165, 1.54) is 0 Å². The molecule has 0 amide bonds. The van der Waals surface area contributed by atoms with Crippen LogP contribution in [0.25, 0.3) is 0 Å². The average molecular weight is 182 g/mol. The zero-order valence-electron chi connectivity index (χ0n) is 7.73. The molecule has 1 saturated heterocycles. The second kappa shape index (κ2) is 4.24. The second-order valence-corrected chi connectivity index (χ2v) is 3.35. The van der Waals surface area contributed by atoms with E-state index in [1.54, 1.807) is 0 Å². The monoisotopic (exact) mass is 182 g/mol. The van der Waals surface area contributed by atoms with Crippen molar-refractivity contribution in [2.24, 2.45) is 5.92 Å². The predicted molar refractivity (Wildman–Crippen MR) is 47.0 cm³/mol. The summed E-state index contributed by atoms with van der Waals surface area (Å²) in [5.74, 6) is -0.479. The van der Waals surface area contributed by atoms with Gasteiger partial charge in [-0.1, -0.05) is 13.3 Å². The lowest BCUT2D eigenvalue weighted by atomic mass is 9.86. The van der Waals surface area contributed by atoms with Crippen LogP contribution >= 0.6 is 0 Å². The highest BCUT2D eigenvalue weighted by Gasteiger charge is 2.42. The highest BCUT2D eigenvalue weighted by atomic mass is 16.4. The summed E-state index contributed by atoms with van der Waals surface area (Å²) >= 11 is 0. The highest BCUT2D eigenvalue weighted by Crippen LogP contribution is 2.27. The Morgan fingerprint density at radius 1 is 1.77 bits per heavy atom. The number of carboxylic acid groups (broad SMARTS) is 1. The topological polar surface area (TPSA) is 64.3 Å². The van der Waals surface area contributed by atoms with Gasteiger partial charge in [-0.2, -0.15) is 5.26 Å². The number of nitrogens with zero attached hydrogens (tertiary/aromatic N) is 2. The minimum atomic E-state index is -0.754. The molecule has 1 fully saturated rings. The molecule has 1 aliphatic rings. The van der Waals surface area contributed by atoms with Crippen molar-refractivity contribution < 1.29 is 9.90 Å². The van der Waals surface area contributed by atoms with Crippen LogP contribution in [0.3, 0.4) is 0 Å². The Balaban J connectivity index is 2.43. The van der Waals surface area contributed by atoms with Crippen LogP contribution < -0.4 is 0 Å². The first kappa shape index (κ1) is 10.0. The van der Waals surface area contributed by atoms with Gasteiger partial charge in [0.1, 0.15) is 6.04 Å². The normalized spacial score (nSPS) is 27.7. The molecule has 13 heavy (non-hydrogen) atoms. The number of nitriles is 1. The van der Waals surface area contributed by atoms with Gasteiger partial charge in [-0.15, -0.1) is 0 Å². The van der Waals surface area contributed by atoms with Gasteiger partial charge in [-0.25, -0.2) is 0 Å². The van der Waals surface area contributed by atoms with Crippen molar-refractivity contribution in [3.05, 3.63) is 0 Å². The van der Waals surface area contributed by atoms with E-state index in [9.17, 15) is 4.79 Å². The molecule has 0 bridgehead atoms. The summed E-state index contributed by atoms with van der Waals surface area (Å²) in [6, 6.07) is 1.68. The SMILES string of the molecule is CCC1CN(CCC#N)C1C(=O)O. The molecule has 1 heterocycles. The number of rotatable bonds is 4. The zero-order valence-corrected chi connectivity index (χ0v) is 7.73. The number of likely N-dealkylation sites (tertiary alicyclic amines) is 1. The van der Waals surface area contributed by atoms with Crippen LogP contribution in [-0.4, -0.2) is 35.1 Å². The Morgan fingerprint density at radius 2 is 2.46 bits per heavy atom. The standard InChI is InChI=1S/C9H14N2O2/c1-2-7-6-11(5-3-4-10)8(7)9(12)13/h7-8H,2-3,5-6H2,1H3,(H,12,13). The second-order valence-electron chi connectivity index (χ2n) is 3.35. The maximum absolute atomic E-state index is 10.8. The zero-order chi connectivity index (χ0) is 9.84. The lowest BCUT2D eigenvalue weighted by molar-refractivity contribution is -0.153. The number of hydrogen-bond acceptors (Lipinski definition) is 3. The first-order valence-corrected chi connectivity index (χ1v) is 4.54. The van der Waals surface area contributed by atoms with Crippen molar-refractivity contribution >= 4 is 5.97 Å². The maximum atomic E-state index is 10.8. The van der Waals surface area contributed by atoms with Crippen molar-refractivity contribution in [2.75, 3.05) is 13.1 Å². The minimum Gasteiger partial charge on any atom is -0.480 e. The Labute approximate surface area is 77.8 Å². The summed E-state index contributed by atoms with van der Waals surface area (Å²) in [7, 11) is 0. The van der Waals surface area contributed by atoms with Crippen LogP contribution in [0.2, 0.25) is 0 Å². The molecule has 0 aromatic heterocycles. The molecule has 0 aromatic carbocycles. The first-order valence-electron chi connectivity index (χ1n) is 4.54. The Hall–Kier alpha value is -1.08. The van der Waals surface area contributed by atoms with E-state index in [-0.39, 0.29) is 12.0 Å². The molecular weight excluding hydrogens is 168 g/mol. The molecule has 1 aliphatic heterocycles. The molecule has 4 nitrogen and oxygen atoms in total. The quantitative estimate of drug-likeness (QED) is 0.695. The summed E-state index contributed by atoms with van der Waals surface area (Å²) in [5.41, 5.74) is 0. The van der Waals surface area contributed by atoms with Crippen LogP contribution in [0.1, 0.15) is 19.8 Å². The molecule has 1 N–H and O–H groups in total. The molecule has 0 aromatic rings. The predicted octanol–water partition coefficient (Wildman–Crippen LogP) is 0.695. The van der Waals surface area contributed by atoms with Gasteiger partial charge in [-0.05, 0) is 5.92 Å². The van der Waals surface area contributed by atoms with E-state index in [1.807, 2.05) is 17.9 Å². The van der Waals surface area contributed by atoms with Crippen LogP contribution in [-0.2, 0) is 4.79 Å². The van der Waals surface area contributed by atoms with Crippen LogP contribution in [0, 0.1) is 17.2 Å². The summed E-state index contributed by atoms with van der Waals surface area (Å²) in [6.07, 6.45) is 1.32. The smallest absolute Gasteiger partial charge is 0.321 e. The van der Waals surface area contributed by atoms with Gasteiger partial charge in [0, 0.05) is 19.5 Å². The summed E-state index contributed by atoms with van der Waals surface area (Å²) in [4.78, 5) is 12.7. The third kappa shape index (κ3) is 1.99. The average Bonchev–Trinajstić information content (AvgIpc) is 2.02. The van der Waals surface area contributed by atoms with Gasteiger partial charge < -0.3 is 5.11 Å². The number of carbonyl (C=O) groups is 1. The molecule has 2 atom stereocenters. The number of hydrogen-bond donors (Lipinski definition) is 1. The summed E-state index contributed by atoms with van der Waals surface area (Å²) in [5, 5.41) is 17.2. The van der Waals surface area contributed by atoms with Gasteiger partial charge in [0.05, 0.1) is 6.07 Å². The lowest BCUT2D eigenvalue weighted by Gasteiger charge is -2.45. The van der Waals surface area contributed by atoms with Crippen molar-refractivity contribution in [2.45, 2.75) is 25.8 Å². The molecule has 0 spiro atoms. The Bertz CT molecular complexity index is 234. The molecule has 72 valence electrons. The van der Waals surface area contributed by atoms with E-state index in [2.05, 4.69) is 0 Å². The van der Waals surface area contributed by atoms with Gasteiger partial charge in [0.25, 0.3) is 0 Å². The van der Waals surface area contributed by atoms with E-state index < -0.39 is 5.97 Å². The molecule has 0 aliphatic carbocycles. The molecule has 0 saturated carbocycles. The lowest BCUT2D eigenvalue weighted by Crippen LogP contribution is -2.59. The number of carboxylic acids is 1. The van der Waals surface area contributed by atoms with Gasteiger partial charge >= 0.3 is 5.97 Å². The first-order chi connectivity index (χ1) is 6.20. The molecule has 1 rings (SSSR count). The third-order valence-electron chi connectivity index (χ3n) is 2.60. The van der Waals surface area contributed by atoms with Gasteiger partial charge in [0.2, 0.25) is 0 Å². The van der Waals surface area contributed by atoms with Gasteiger partial charge in [0.15, 0.2) is 0 Å². The Kier molecular flexibility index (Phi) is 3.26. The fraction of sp³-hybridized carbons (Fsp3) is 0.778. The van der Waals surface area contributed by atoms with E-state index in [0.29, 0.717) is 13.0 Å². The van der Waals surface area contributed by atoms with E-state index >= 15 is 0 Å². The van der Waals surface area contributed by atoms with Crippen molar-refractivity contribution in [1.29, 1.82) is 5.26 Å². The van der Waals surface area contributed by atoms with Crippen LogP contribution in [0.4, 0.5) is 0 Å². The summed E-state index contributed by atoms with van der Waals surface area (Å²) < 4.78 is 0. The van der Waals surface area contributed by atoms with Gasteiger partial charge in [-0.3, -0.25) is 9.69 Å². The minimum absolute atomic E-state index is 0.274. The molecule has 2 unspecified atom stereocenters. The third-order valence-corrected chi connectivity index (χ3v) is 2.60.